The molecule has 6 aromatic carbocycles. The Balaban J connectivity index is 1.42. The van der Waals surface area contributed by atoms with Gasteiger partial charge in [-0.2, -0.15) is 0 Å². The van der Waals surface area contributed by atoms with Crippen molar-refractivity contribution in [2.45, 2.75) is 9.92 Å². The summed E-state index contributed by atoms with van der Waals surface area (Å²) in [6.07, 6.45) is 0. The van der Waals surface area contributed by atoms with Crippen molar-refractivity contribution in [3.05, 3.63) is 146 Å². The zero-order valence-corrected chi connectivity index (χ0v) is 23.8. The number of hydrogen-bond acceptors (Lipinski definition) is 4. The quantitative estimate of drug-likeness (QED) is 0.197. The fourth-order valence-corrected chi connectivity index (χ4v) is 7.32. The van der Waals surface area contributed by atoms with E-state index in [9.17, 15) is 8.42 Å². The minimum Gasteiger partial charge on any atom is -0.247 e. The van der Waals surface area contributed by atoms with E-state index in [4.69, 9.17) is 4.98 Å². The third-order valence-corrected chi connectivity index (χ3v) is 9.74. The van der Waals surface area contributed by atoms with E-state index in [1.165, 1.54) is 16.2 Å². The fraction of sp³-hybridized carbons (Fsp3) is 0. The van der Waals surface area contributed by atoms with Crippen LogP contribution in [0.2, 0.25) is 0 Å². The third kappa shape index (κ3) is 4.09. The van der Waals surface area contributed by atoms with Crippen LogP contribution in [0.5, 0.6) is 0 Å². The topological polar surface area (TPSA) is 59.9 Å². The molecule has 0 bridgehead atoms. The molecule has 0 fully saturated rings. The van der Waals surface area contributed by atoms with Crippen molar-refractivity contribution in [3.8, 4) is 22.5 Å². The van der Waals surface area contributed by atoms with Crippen LogP contribution < -0.4 is 0 Å². The lowest BCUT2D eigenvalue weighted by Crippen LogP contribution is -2.04. The largest absolute Gasteiger partial charge is 0.247 e. The third-order valence-electron chi connectivity index (χ3n) is 8.06. The lowest BCUT2D eigenvalue weighted by Gasteiger charge is -2.17. The summed E-state index contributed by atoms with van der Waals surface area (Å²) in [7, 11) is -3.76. The van der Waals surface area contributed by atoms with Gasteiger partial charge in [-0.1, -0.05) is 115 Å². The Morgan fingerprint density at radius 1 is 0.442 bits per heavy atom. The van der Waals surface area contributed by atoms with Crippen LogP contribution in [0.15, 0.2) is 156 Å². The van der Waals surface area contributed by atoms with Crippen LogP contribution in [-0.4, -0.2) is 18.4 Å². The van der Waals surface area contributed by atoms with Crippen LogP contribution in [-0.2, 0) is 9.84 Å². The molecular formula is C38H24N2O2S. The summed E-state index contributed by atoms with van der Waals surface area (Å²) in [5, 5.41) is 8.05. The van der Waals surface area contributed by atoms with Crippen LogP contribution in [0.25, 0.3) is 65.7 Å². The molecule has 0 amide bonds. The molecule has 0 saturated carbocycles. The van der Waals surface area contributed by atoms with Crippen LogP contribution in [0.4, 0.5) is 0 Å². The molecule has 43 heavy (non-hydrogen) atoms. The number of hydrogen-bond donors (Lipinski definition) is 0. The monoisotopic (exact) mass is 572 g/mol. The maximum Gasteiger partial charge on any atom is 0.223 e. The number of sulfone groups is 1. The second kappa shape index (κ2) is 9.86. The van der Waals surface area contributed by atoms with E-state index in [1.54, 1.807) is 42.5 Å². The normalized spacial score (nSPS) is 11.9. The number of nitrogens with zero attached hydrogens (tertiary/aromatic N) is 2. The number of benzene rings is 6. The fourth-order valence-electron chi connectivity index (χ4n) is 6.09. The van der Waals surface area contributed by atoms with Gasteiger partial charge in [0.05, 0.1) is 21.8 Å². The number of aromatic nitrogens is 2. The smallest absolute Gasteiger partial charge is 0.223 e. The molecule has 2 heterocycles. The van der Waals surface area contributed by atoms with Gasteiger partial charge >= 0.3 is 0 Å². The molecule has 0 atom stereocenters. The molecule has 4 nitrogen and oxygen atoms in total. The van der Waals surface area contributed by atoms with Gasteiger partial charge in [-0.05, 0) is 51.9 Å². The lowest BCUT2D eigenvalue weighted by atomic mass is 9.89. The van der Waals surface area contributed by atoms with E-state index in [-0.39, 0.29) is 9.92 Å². The molecule has 0 unspecified atom stereocenters. The average molecular weight is 573 g/mol. The zero-order valence-electron chi connectivity index (χ0n) is 23.0. The van der Waals surface area contributed by atoms with Gasteiger partial charge in [0.2, 0.25) is 9.84 Å². The highest BCUT2D eigenvalue weighted by Gasteiger charge is 2.21. The number of fused-ring (bicyclic) bond motifs is 8. The van der Waals surface area contributed by atoms with E-state index in [1.807, 2.05) is 36.4 Å². The van der Waals surface area contributed by atoms with Crippen molar-refractivity contribution in [3.63, 3.8) is 0 Å². The first-order valence-electron chi connectivity index (χ1n) is 14.1. The van der Waals surface area contributed by atoms with Gasteiger partial charge in [0.15, 0.2) is 5.03 Å². The summed E-state index contributed by atoms with van der Waals surface area (Å²) in [5.41, 5.74) is 4.14. The highest BCUT2D eigenvalue weighted by atomic mass is 32.2. The van der Waals surface area contributed by atoms with Crippen LogP contribution >= 0.6 is 0 Å². The first kappa shape index (κ1) is 25.3. The molecule has 0 aliphatic heterocycles. The maximum atomic E-state index is 13.3. The second-order valence-electron chi connectivity index (χ2n) is 10.6. The Hall–Kier alpha value is -5.39. The molecule has 0 N–H and O–H groups in total. The van der Waals surface area contributed by atoms with E-state index in [0.717, 1.165) is 43.9 Å². The Bertz CT molecular complexity index is 2460. The minimum absolute atomic E-state index is 0.0187. The average Bonchev–Trinajstić information content (AvgIpc) is 3.08. The molecule has 0 radical (unpaired) electrons. The zero-order chi connectivity index (χ0) is 29.0. The van der Waals surface area contributed by atoms with Crippen LogP contribution in [0.3, 0.4) is 0 Å². The highest BCUT2D eigenvalue weighted by molar-refractivity contribution is 7.91. The van der Waals surface area contributed by atoms with E-state index in [2.05, 4.69) is 71.7 Å². The van der Waals surface area contributed by atoms with Gasteiger partial charge in [0.25, 0.3) is 0 Å². The van der Waals surface area contributed by atoms with E-state index in [0.29, 0.717) is 5.69 Å². The first-order valence-corrected chi connectivity index (χ1v) is 15.6. The molecule has 0 saturated heterocycles. The molecule has 8 rings (SSSR count). The number of rotatable bonds is 4. The Morgan fingerprint density at radius 3 is 1.74 bits per heavy atom. The van der Waals surface area contributed by atoms with Gasteiger partial charge < -0.3 is 0 Å². The summed E-state index contributed by atoms with van der Waals surface area (Å²) in [5.74, 6) is 0. The van der Waals surface area contributed by atoms with Gasteiger partial charge in [-0.3, -0.25) is 0 Å². The standard InChI is InChI=1S/C38H24N2O2S/c41-43(42,27-14-5-2-6-15-27)35-21-11-20-33(39-35)26-22-23-32-34(24-26)40-38(25-12-3-1-4-13-25)37-31-19-10-8-17-29(31)28-16-7-9-18-30(28)36(32)37/h1-24H. The van der Waals surface area contributed by atoms with Crippen molar-refractivity contribution < 1.29 is 8.42 Å². The lowest BCUT2D eigenvalue weighted by molar-refractivity contribution is 0.592. The molecule has 5 heteroatoms. The first-order chi connectivity index (χ1) is 21.1. The molecule has 204 valence electrons. The molecular weight excluding hydrogens is 548 g/mol. The summed E-state index contributed by atoms with van der Waals surface area (Å²) in [4.78, 5) is 10.1. The van der Waals surface area contributed by atoms with Gasteiger partial charge in [-0.15, -0.1) is 0 Å². The SMILES string of the molecule is O=S(=O)(c1ccccc1)c1cccc(-c2ccc3c(c2)nc(-c2ccccc2)c2c4ccccc4c4ccccc4c32)n1. The van der Waals surface area contributed by atoms with Crippen molar-refractivity contribution in [1.82, 2.24) is 9.97 Å². The Labute approximate surface area is 248 Å². The van der Waals surface area contributed by atoms with Gasteiger partial charge in [0.1, 0.15) is 0 Å². The molecule has 2 aromatic heterocycles. The van der Waals surface area contributed by atoms with Crippen molar-refractivity contribution in [1.29, 1.82) is 0 Å². The van der Waals surface area contributed by atoms with Crippen molar-refractivity contribution in [2.24, 2.45) is 0 Å². The predicted octanol–water partition coefficient (Wildman–Crippen LogP) is 9.26. The minimum atomic E-state index is -3.76. The highest BCUT2D eigenvalue weighted by Crippen LogP contribution is 2.43. The Morgan fingerprint density at radius 2 is 1.05 bits per heavy atom. The maximum absolute atomic E-state index is 13.3. The molecule has 8 aromatic rings. The predicted molar refractivity (Wildman–Crippen MR) is 175 cm³/mol. The second-order valence-corrected chi connectivity index (χ2v) is 12.5. The summed E-state index contributed by atoms with van der Waals surface area (Å²) in [6.45, 7) is 0. The van der Waals surface area contributed by atoms with E-state index >= 15 is 0 Å². The van der Waals surface area contributed by atoms with Crippen LogP contribution in [0.1, 0.15) is 0 Å². The summed E-state index contributed by atoms with van der Waals surface area (Å²) in [6, 6.07) is 47.0. The Kier molecular flexibility index (Phi) is 5.81. The van der Waals surface area contributed by atoms with E-state index < -0.39 is 9.84 Å². The van der Waals surface area contributed by atoms with Crippen LogP contribution in [0, 0.1) is 0 Å². The van der Waals surface area contributed by atoms with Gasteiger partial charge in [0, 0.05) is 27.3 Å². The molecule has 0 spiro atoms. The van der Waals surface area contributed by atoms with Gasteiger partial charge in [-0.25, -0.2) is 18.4 Å². The molecule has 0 aliphatic rings. The number of pyridine rings is 2. The summed E-state index contributed by atoms with van der Waals surface area (Å²) < 4.78 is 26.7. The van der Waals surface area contributed by atoms with Crippen molar-refractivity contribution >= 4 is 53.1 Å². The van der Waals surface area contributed by atoms with Crippen molar-refractivity contribution in [2.75, 3.05) is 0 Å². The summed E-state index contributed by atoms with van der Waals surface area (Å²) >= 11 is 0. The molecule has 0 aliphatic carbocycles.